The van der Waals surface area contributed by atoms with E-state index in [1.165, 1.54) is 21.6 Å². The predicted octanol–water partition coefficient (Wildman–Crippen LogP) is 4.52. The molecule has 0 unspecified atom stereocenters. The second-order valence-electron chi connectivity index (χ2n) is 5.85. The molecule has 3 N–H and O–H groups in total. The average Bonchev–Trinajstić information content (AvgIpc) is 3.03. The van der Waals surface area contributed by atoms with E-state index in [1.54, 1.807) is 35.6 Å². The molecular weight excluding hydrogens is 378 g/mol. The predicted molar refractivity (Wildman–Crippen MR) is 110 cm³/mol. The van der Waals surface area contributed by atoms with Gasteiger partial charge < -0.3 is 11.1 Å². The number of nitrogens with one attached hydrogen (secondary N) is 1. The molecule has 2 heterocycles. The summed E-state index contributed by atoms with van der Waals surface area (Å²) in [7, 11) is 0. The van der Waals surface area contributed by atoms with Crippen LogP contribution in [0.4, 0.5) is 5.69 Å². The number of nitrogens with two attached hydrogens (primary N) is 1. The first-order chi connectivity index (χ1) is 13.0. The molecule has 0 spiro atoms. The highest BCUT2D eigenvalue weighted by atomic mass is 32.2. The highest BCUT2D eigenvalue weighted by molar-refractivity contribution is 7.99. The number of anilines is 1. The summed E-state index contributed by atoms with van der Waals surface area (Å²) in [5.74, 6) is -0.688. The molecule has 0 fully saturated rings. The minimum Gasteiger partial charge on any atom is -0.366 e. The molecular formula is C20H19N3O2S2. The third-order valence-corrected chi connectivity index (χ3v) is 6.04. The van der Waals surface area contributed by atoms with Gasteiger partial charge in [0.1, 0.15) is 0 Å². The van der Waals surface area contributed by atoms with Gasteiger partial charge in [-0.15, -0.1) is 11.3 Å². The number of fused-ring (bicyclic) bond motifs is 2. The lowest BCUT2D eigenvalue weighted by atomic mass is 10.1. The maximum atomic E-state index is 12.1. The lowest BCUT2D eigenvalue weighted by Crippen LogP contribution is -2.14. The van der Waals surface area contributed by atoms with Crippen LogP contribution >= 0.6 is 23.1 Å². The van der Waals surface area contributed by atoms with Crippen LogP contribution in [0.2, 0.25) is 0 Å². The number of carbonyl (C=O) groups is 2. The van der Waals surface area contributed by atoms with Crippen LogP contribution in [-0.4, -0.2) is 16.8 Å². The maximum Gasteiger partial charge on any atom is 0.256 e. The number of hydrogen-bond acceptors (Lipinski definition) is 5. The van der Waals surface area contributed by atoms with Crippen LogP contribution in [-0.2, 0) is 6.42 Å². The van der Waals surface area contributed by atoms with E-state index in [0.717, 1.165) is 16.2 Å². The summed E-state index contributed by atoms with van der Waals surface area (Å²) >= 11 is 3.27. The van der Waals surface area contributed by atoms with Crippen LogP contribution < -0.4 is 11.1 Å². The summed E-state index contributed by atoms with van der Waals surface area (Å²) in [6.07, 6.45) is 2.99. The van der Waals surface area contributed by atoms with Gasteiger partial charge in [0.2, 0.25) is 5.91 Å². The fourth-order valence-electron chi connectivity index (χ4n) is 2.49. The van der Waals surface area contributed by atoms with Gasteiger partial charge in [-0.25, -0.2) is 4.98 Å². The van der Waals surface area contributed by atoms with Gasteiger partial charge in [0.25, 0.3) is 5.91 Å². The van der Waals surface area contributed by atoms with Crippen LogP contribution in [0, 0.1) is 6.92 Å². The van der Waals surface area contributed by atoms with Gasteiger partial charge in [0.15, 0.2) is 0 Å². The average molecular weight is 398 g/mol. The largest absolute Gasteiger partial charge is 0.366 e. The number of amides is 2. The van der Waals surface area contributed by atoms with Crippen molar-refractivity contribution >= 4 is 40.6 Å². The molecule has 7 heteroatoms. The van der Waals surface area contributed by atoms with Gasteiger partial charge in [-0.2, -0.15) is 0 Å². The second kappa shape index (κ2) is 8.37. The fourth-order valence-corrected chi connectivity index (χ4v) is 4.22. The van der Waals surface area contributed by atoms with Crippen LogP contribution in [0.1, 0.15) is 37.5 Å². The van der Waals surface area contributed by atoms with E-state index < -0.39 is 5.91 Å². The Balaban J connectivity index is 0.000000221. The molecule has 2 aromatic carbocycles. The van der Waals surface area contributed by atoms with E-state index in [2.05, 4.69) is 24.1 Å². The maximum absolute atomic E-state index is 12.1. The van der Waals surface area contributed by atoms with Crippen molar-refractivity contribution in [2.24, 2.45) is 5.73 Å². The van der Waals surface area contributed by atoms with E-state index in [4.69, 9.17) is 5.73 Å². The van der Waals surface area contributed by atoms with E-state index >= 15 is 0 Å². The molecule has 3 aromatic rings. The number of thiazole rings is 1. The smallest absolute Gasteiger partial charge is 0.256 e. The minimum atomic E-state index is -0.510. The Hall–Kier alpha value is -2.64. The first-order valence-electron chi connectivity index (χ1n) is 8.41. The van der Waals surface area contributed by atoms with Gasteiger partial charge in [-0.1, -0.05) is 30.8 Å². The monoisotopic (exact) mass is 397 g/mol. The minimum absolute atomic E-state index is 0.177. The molecule has 0 bridgehead atoms. The first kappa shape index (κ1) is 19.1. The number of aryl methyl sites for hydroxylation is 2. The Labute approximate surface area is 166 Å². The van der Waals surface area contributed by atoms with Gasteiger partial charge in [-0.05, 0) is 43.7 Å². The third kappa shape index (κ3) is 4.56. The molecule has 1 aliphatic heterocycles. The fraction of sp³-hybridized carbons (Fsp3) is 0.150. The molecule has 138 valence electrons. The van der Waals surface area contributed by atoms with Crippen molar-refractivity contribution in [2.75, 3.05) is 5.32 Å². The van der Waals surface area contributed by atoms with E-state index in [-0.39, 0.29) is 5.91 Å². The van der Waals surface area contributed by atoms with E-state index in [1.807, 2.05) is 24.4 Å². The number of carbonyl (C=O) groups excluding carboxylic acids is 2. The van der Waals surface area contributed by atoms with Crippen LogP contribution in [0.25, 0.3) is 0 Å². The van der Waals surface area contributed by atoms with Gasteiger partial charge in [0.05, 0.1) is 16.3 Å². The Bertz CT molecular complexity index is 998. The summed E-state index contributed by atoms with van der Waals surface area (Å²) in [5.41, 5.74) is 6.87. The van der Waals surface area contributed by atoms with Gasteiger partial charge >= 0.3 is 0 Å². The molecule has 0 saturated carbocycles. The Kier molecular flexibility index (Phi) is 5.93. The molecule has 5 nitrogen and oxygen atoms in total. The summed E-state index contributed by atoms with van der Waals surface area (Å²) in [6, 6.07) is 12.5. The second-order valence-corrected chi connectivity index (χ2v) is 8.25. The number of benzene rings is 2. The number of aromatic nitrogens is 1. The molecule has 0 aliphatic carbocycles. The lowest BCUT2D eigenvalue weighted by molar-refractivity contribution is 0.0995. The van der Waals surface area contributed by atoms with Crippen molar-refractivity contribution in [3.8, 4) is 0 Å². The highest BCUT2D eigenvalue weighted by Gasteiger charge is 2.20. The molecule has 0 radical (unpaired) electrons. The van der Waals surface area contributed by atoms with Crippen molar-refractivity contribution < 1.29 is 9.59 Å². The van der Waals surface area contributed by atoms with Crippen LogP contribution in [0.5, 0.6) is 0 Å². The number of nitrogens with zero attached hydrogens (tertiary/aromatic N) is 1. The van der Waals surface area contributed by atoms with Crippen molar-refractivity contribution in [3.05, 3.63) is 69.7 Å². The van der Waals surface area contributed by atoms with Crippen molar-refractivity contribution in [1.29, 1.82) is 0 Å². The number of rotatable bonds is 2. The van der Waals surface area contributed by atoms with Crippen molar-refractivity contribution in [3.63, 3.8) is 0 Å². The quantitative estimate of drug-likeness (QED) is 0.666. The molecule has 27 heavy (non-hydrogen) atoms. The highest BCUT2D eigenvalue weighted by Crippen LogP contribution is 2.38. The number of hydrogen-bond donors (Lipinski definition) is 2. The van der Waals surface area contributed by atoms with Gasteiger partial charge in [0, 0.05) is 26.4 Å². The standard InChI is InChI=1S/C14H10N2O2S.C6H9NS/c15-13(17)8-5-6-12-10(7-8)16-14(18)9-3-1-2-4-11(9)19-12;1-3-6-7-4-5(2)8-6/h1-7H,(H2,15,17)(H,16,18);4H,3H2,1-2H3. The number of primary amides is 1. The lowest BCUT2D eigenvalue weighted by Gasteiger charge is -2.06. The topological polar surface area (TPSA) is 85.1 Å². The Morgan fingerprint density at radius 3 is 2.59 bits per heavy atom. The Morgan fingerprint density at radius 1 is 1.19 bits per heavy atom. The Morgan fingerprint density at radius 2 is 1.96 bits per heavy atom. The zero-order chi connectivity index (χ0) is 19.4. The first-order valence-corrected chi connectivity index (χ1v) is 10.0. The summed E-state index contributed by atoms with van der Waals surface area (Å²) < 4.78 is 0. The normalized spacial score (nSPS) is 12.0. The molecule has 1 aromatic heterocycles. The molecule has 1 aliphatic rings. The summed E-state index contributed by atoms with van der Waals surface area (Å²) in [6.45, 7) is 4.20. The summed E-state index contributed by atoms with van der Waals surface area (Å²) in [4.78, 5) is 30.5. The molecule has 0 saturated heterocycles. The van der Waals surface area contributed by atoms with Crippen LogP contribution in [0.15, 0.2) is 58.5 Å². The SMILES string of the molecule is CCc1ncc(C)s1.NC(=O)c1ccc2c(c1)NC(=O)c1ccccc1S2. The van der Waals surface area contributed by atoms with Crippen molar-refractivity contribution in [2.45, 2.75) is 30.1 Å². The zero-order valence-electron chi connectivity index (χ0n) is 15.0. The van der Waals surface area contributed by atoms with E-state index in [0.29, 0.717) is 16.8 Å². The van der Waals surface area contributed by atoms with E-state index in [9.17, 15) is 9.59 Å². The molecule has 2 amide bonds. The van der Waals surface area contributed by atoms with Gasteiger partial charge in [-0.3, -0.25) is 9.59 Å². The molecule has 4 rings (SSSR count). The summed E-state index contributed by atoms with van der Waals surface area (Å²) in [5, 5.41) is 4.04. The zero-order valence-corrected chi connectivity index (χ0v) is 16.6. The van der Waals surface area contributed by atoms with Crippen LogP contribution in [0.3, 0.4) is 0 Å². The van der Waals surface area contributed by atoms with Crippen molar-refractivity contribution in [1.82, 2.24) is 4.98 Å². The molecule has 0 atom stereocenters. The third-order valence-electron chi connectivity index (χ3n) is 3.84.